The van der Waals surface area contributed by atoms with Crippen molar-refractivity contribution in [2.75, 3.05) is 0 Å². The number of nitrogens with one attached hydrogen (secondary N) is 1. The molecule has 0 radical (unpaired) electrons. The molecular formula is C24H17BrN2O5. The molecule has 8 heteroatoms. The van der Waals surface area contributed by atoms with Crippen LogP contribution in [0.2, 0.25) is 0 Å². The Bertz CT molecular complexity index is 1280. The van der Waals surface area contributed by atoms with E-state index in [-0.39, 0.29) is 11.3 Å². The molecule has 0 aliphatic rings. The second-order valence-electron chi connectivity index (χ2n) is 6.83. The molecule has 7 nitrogen and oxygen atoms in total. The number of carboxylic acid groups (broad SMARTS) is 1. The number of hydrogen-bond donors (Lipinski definition) is 2. The summed E-state index contributed by atoms with van der Waals surface area (Å²) in [5, 5.41) is 13.8. The highest BCUT2D eigenvalue weighted by atomic mass is 79.9. The zero-order valence-corrected chi connectivity index (χ0v) is 18.2. The van der Waals surface area contributed by atoms with Gasteiger partial charge in [-0.3, -0.25) is 4.79 Å². The third-order valence-corrected chi connectivity index (χ3v) is 5.20. The molecule has 4 rings (SSSR count). The number of aromatic carboxylic acids is 1. The van der Waals surface area contributed by atoms with Crippen LogP contribution >= 0.6 is 15.9 Å². The maximum Gasteiger partial charge on any atom is 0.335 e. The van der Waals surface area contributed by atoms with E-state index in [1.807, 2.05) is 18.2 Å². The van der Waals surface area contributed by atoms with Gasteiger partial charge in [0.1, 0.15) is 17.9 Å². The van der Waals surface area contributed by atoms with E-state index in [9.17, 15) is 9.59 Å². The number of benzene rings is 3. The molecule has 32 heavy (non-hydrogen) atoms. The lowest BCUT2D eigenvalue weighted by Gasteiger charge is -2.09. The molecule has 0 aliphatic carbocycles. The average Bonchev–Trinajstić information content (AvgIpc) is 3.23. The summed E-state index contributed by atoms with van der Waals surface area (Å²) in [6.45, 7) is 0.291. The van der Waals surface area contributed by atoms with Crippen molar-refractivity contribution in [1.29, 1.82) is 0 Å². The Labute approximate surface area is 191 Å². The van der Waals surface area contributed by atoms with Crippen molar-refractivity contribution >= 4 is 45.0 Å². The summed E-state index contributed by atoms with van der Waals surface area (Å²) in [7, 11) is 0. The Kier molecular flexibility index (Phi) is 6.32. The number of nitrogens with zero attached hydrogens (tertiary/aromatic N) is 1. The Morgan fingerprint density at radius 3 is 2.56 bits per heavy atom. The van der Waals surface area contributed by atoms with Crippen LogP contribution in [0.1, 0.15) is 32.0 Å². The monoisotopic (exact) mass is 492 g/mol. The molecule has 0 unspecified atom stereocenters. The topological polar surface area (TPSA) is 101 Å². The molecule has 1 heterocycles. The van der Waals surface area contributed by atoms with Crippen LogP contribution in [0.25, 0.3) is 11.0 Å². The molecular weight excluding hydrogens is 476 g/mol. The number of hydrazone groups is 1. The SMILES string of the molecule is O=C(O)c1ccc(COc2ccc(/C=N/NC(=O)c3cc4ccccc4o3)cc2Br)cc1. The molecule has 0 aliphatic heterocycles. The number of rotatable bonds is 7. The number of amides is 1. The number of para-hydroxylation sites is 1. The van der Waals surface area contributed by atoms with Crippen molar-refractivity contribution in [2.45, 2.75) is 6.61 Å². The smallest absolute Gasteiger partial charge is 0.335 e. The molecule has 4 aromatic rings. The minimum Gasteiger partial charge on any atom is -0.488 e. The van der Waals surface area contributed by atoms with E-state index in [1.165, 1.54) is 18.3 Å². The van der Waals surface area contributed by atoms with Gasteiger partial charge >= 0.3 is 11.9 Å². The minimum absolute atomic E-state index is 0.185. The van der Waals surface area contributed by atoms with Gasteiger partial charge in [-0.15, -0.1) is 0 Å². The molecule has 0 atom stereocenters. The predicted molar refractivity (Wildman–Crippen MR) is 123 cm³/mol. The van der Waals surface area contributed by atoms with Crippen LogP contribution in [-0.2, 0) is 6.61 Å². The van der Waals surface area contributed by atoms with Crippen LogP contribution in [0, 0.1) is 0 Å². The molecule has 1 aromatic heterocycles. The summed E-state index contributed by atoms with van der Waals surface area (Å²) in [5.74, 6) is -0.600. The van der Waals surface area contributed by atoms with E-state index >= 15 is 0 Å². The van der Waals surface area contributed by atoms with Gasteiger partial charge in [-0.2, -0.15) is 5.10 Å². The van der Waals surface area contributed by atoms with Crippen LogP contribution in [0.4, 0.5) is 0 Å². The zero-order chi connectivity index (χ0) is 22.5. The normalized spacial score (nSPS) is 11.0. The molecule has 0 spiro atoms. The lowest BCUT2D eigenvalue weighted by Crippen LogP contribution is -2.16. The van der Waals surface area contributed by atoms with Crippen LogP contribution in [0.15, 0.2) is 86.8 Å². The maximum atomic E-state index is 12.2. The first-order chi connectivity index (χ1) is 15.5. The van der Waals surface area contributed by atoms with Crippen molar-refractivity contribution in [3.8, 4) is 5.75 Å². The number of fused-ring (bicyclic) bond motifs is 1. The summed E-state index contributed by atoms with van der Waals surface area (Å²) in [6.07, 6.45) is 1.51. The number of carboxylic acids is 1. The second kappa shape index (κ2) is 9.49. The number of halogens is 1. The highest BCUT2D eigenvalue weighted by Crippen LogP contribution is 2.26. The van der Waals surface area contributed by atoms with Gasteiger partial charge in [0.15, 0.2) is 5.76 Å². The van der Waals surface area contributed by atoms with Gasteiger partial charge in [0.25, 0.3) is 0 Å². The van der Waals surface area contributed by atoms with E-state index in [4.69, 9.17) is 14.3 Å². The van der Waals surface area contributed by atoms with Gasteiger partial charge in [0, 0.05) is 5.39 Å². The third kappa shape index (κ3) is 5.04. The number of hydrogen-bond acceptors (Lipinski definition) is 5. The van der Waals surface area contributed by atoms with Gasteiger partial charge in [0.05, 0.1) is 16.3 Å². The maximum absolute atomic E-state index is 12.2. The number of furan rings is 1. The van der Waals surface area contributed by atoms with E-state index < -0.39 is 11.9 Å². The Morgan fingerprint density at radius 2 is 1.84 bits per heavy atom. The van der Waals surface area contributed by atoms with Crippen molar-refractivity contribution in [1.82, 2.24) is 5.43 Å². The summed E-state index contributed by atoms with van der Waals surface area (Å²) in [6, 6.07) is 20.9. The fourth-order valence-corrected chi connectivity index (χ4v) is 3.44. The van der Waals surface area contributed by atoms with E-state index in [1.54, 1.807) is 42.5 Å². The van der Waals surface area contributed by atoms with Crippen LogP contribution in [-0.4, -0.2) is 23.2 Å². The van der Waals surface area contributed by atoms with Crippen LogP contribution in [0.5, 0.6) is 5.75 Å². The lowest BCUT2D eigenvalue weighted by atomic mass is 10.1. The third-order valence-electron chi connectivity index (χ3n) is 4.58. The number of ether oxygens (including phenoxy) is 1. The van der Waals surface area contributed by atoms with Gasteiger partial charge in [0.2, 0.25) is 0 Å². The quantitative estimate of drug-likeness (QED) is 0.271. The first-order valence-corrected chi connectivity index (χ1v) is 10.4. The fourth-order valence-electron chi connectivity index (χ4n) is 2.93. The highest BCUT2D eigenvalue weighted by molar-refractivity contribution is 9.10. The minimum atomic E-state index is -0.966. The Hall–Kier alpha value is -3.91. The van der Waals surface area contributed by atoms with E-state index in [0.717, 1.165) is 16.5 Å². The van der Waals surface area contributed by atoms with Gasteiger partial charge in [-0.25, -0.2) is 10.2 Å². The molecule has 2 N–H and O–H groups in total. The van der Waals surface area contributed by atoms with Crippen LogP contribution in [0.3, 0.4) is 0 Å². The number of carbonyl (C=O) groups is 2. The highest BCUT2D eigenvalue weighted by Gasteiger charge is 2.11. The average molecular weight is 493 g/mol. The van der Waals surface area contributed by atoms with Gasteiger partial charge in [-0.05, 0) is 69.5 Å². The predicted octanol–water partition coefficient (Wildman–Crippen LogP) is 5.24. The molecule has 3 aromatic carbocycles. The summed E-state index contributed by atoms with van der Waals surface area (Å²) < 4.78 is 12.0. The molecule has 0 saturated heterocycles. The standard InChI is InChI=1S/C24H17BrN2O5/c25-19-11-16(7-10-21(19)31-14-15-5-8-17(9-6-15)24(29)30)13-26-27-23(28)22-12-18-3-1-2-4-20(18)32-22/h1-13H,14H2,(H,27,28)(H,29,30)/b26-13+. The largest absolute Gasteiger partial charge is 0.488 e. The molecule has 0 saturated carbocycles. The second-order valence-corrected chi connectivity index (χ2v) is 7.68. The molecule has 0 bridgehead atoms. The number of carbonyl (C=O) groups excluding carboxylic acids is 1. The zero-order valence-electron chi connectivity index (χ0n) is 16.6. The molecule has 160 valence electrons. The van der Waals surface area contributed by atoms with Crippen molar-refractivity contribution < 1.29 is 23.8 Å². The summed E-state index contributed by atoms with van der Waals surface area (Å²) in [4.78, 5) is 23.1. The van der Waals surface area contributed by atoms with E-state index in [0.29, 0.717) is 22.4 Å². The fraction of sp³-hybridized carbons (Fsp3) is 0.0417. The Balaban J connectivity index is 1.34. The van der Waals surface area contributed by atoms with Crippen molar-refractivity contribution in [2.24, 2.45) is 5.10 Å². The first-order valence-electron chi connectivity index (χ1n) is 9.56. The molecule has 1 amide bonds. The lowest BCUT2D eigenvalue weighted by molar-refractivity contribution is 0.0696. The van der Waals surface area contributed by atoms with Crippen molar-refractivity contribution in [3.63, 3.8) is 0 Å². The Morgan fingerprint density at radius 1 is 1.06 bits per heavy atom. The van der Waals surface area contributed by atoms with Gasteiger partial charge < -0.3 is 14.3 Å². The van der Waals surface area contributed by atoms with E-state index in [2.05, 4.69) is 26.5 Å². The summed E-state index contributed by atoms with van der Waals surface area (Å²) >= 11 is 3.46. The van der Waals surface area contributed by atoms with Gasteiger partial charge in [-0.1, -0.05) is 30.3 Å². The first kappa shape index (κ1) is 21.3. The summed E-state index contributed by atoms with van der Waals surface area (Å²) in [5.41, 5.74) is 4.91. The molecule has 0 fully saturated rings. The van der Waals surface area contributed by atoms with Crippen molar-refractivity contribution in [3.05, 3.63) is 99.7 Å². The van der Waals surface area contributed by atoms with Crippen LogP contribution < -0.4 is 10.2 Å².